The summed E-state index contributed by atoms with van der Waals surface area (Å²) >= 11 is 0. The summed E-state index contributed by atoms with van der Waals surface area (Å²) < 4.78 is 34.1. The Balaban J connectivity index is 1.09. The number of aromatic nitrogens is 3. The van der Waals surface area contributed by atoms with Crippen molar-refractivity contribution in [1.29, 1.82) is 0 Å². The highest BCUT2D eigenvalue weighted by Crippen LogP contribution is 2.35. The summed E-state index contributed by atoms with van der Waals surface area (Å²) in [5, 5.41) is 17.6. The van der Waals surface area contributed by atoms with E-state index in [0.717, 1.165) is 56.6 Å². The Kier molecular flexibility index (Phi) is 7.66. The molecule has 0 spiro atoms. The quantitative estimate of drug-likeness (QED) is 0.365. The van der Waals surface area contributed by atoms with E-state index in [-0.39, 0.29) is 17.2 Å². The van der Waals surface area contributed by atoms with Gasteiger partial charge < -0.3 is 15.2 Å². The van der Waals surface area contributed by atoms with Crippen LogP contribution in [0.2, 0.25) is 0 Å². The van der Waals surface area contributed by atoms with Gasteiger partial charge in [0.2, 0.25) is 0 Å². The molecule has 8 nitrogen and oxygen atoms in total. The average molecular weight is 514 g/mol. The maximum atomic E-state index is 13.4. The molecule has 3 aromatic rings. The monoisotopic (exact) mass is 513 g/mol. The van der Waals surface area contributed by atoms with Crippen molar-refractivity contribution >= 4 is 22.7 Å². The number of hydrogen-bond acceptors (Lipinski definition) is 6. The zero-order valence-electron chi connectivity index (χ0n) is 21.0. The molecule has 0 amide bonds. The number of carbonyl (C=O) groups is 1. The van der Waals surface area contributed by atoms with Crippen LogP contribution in [-0.2, 0) is 29.4 Å². The van der Waals surface area contributed by atoms with Gasteiger partial charge in [-0.1, -0.05) is 30.7 Å². The molecule has 198 valence electrons. The van der Waals surface area contributed by atoms with Gasteiger partial charge in [0.05, 0.1) is 11.6 Å². The lowest BCUT2D eigenvalue weighted by Gasteiger charge is -2.42. The number of nitrogens with zero attached hydrogens (tertiary/aromatic N) is 4. The number of halogens is 2. The predicted octanol–water partition coefficient (Wildman–Crippen LogP) is 4.50. The lowest BCUT2D eigenvalue weighted by Crippen LogP contribution is -2.55. The Bertz CT molecular complexity index is 1260. The minimum atomic E-state index is -2.73. The number of nitrogens with one attached hydrogen (secondary N) is 1. The van der Waals surface area contributed by atoms with E-state index in [0.29, 0.717) is 30.8 Å². The van der Waals surface area contributed by atoms with Crippen molar-refractivity contribution in [3.63, 3.8) is 0 Å². The lowest BCUT2D eigenvalue weighted by molar-refractivity contribution is -0.150. The van der Waals surface area contributed by atoms with E-state index in [1.807, 2.05) is 4.90 Å². The molecule has 0 aliphatic carbocycles. The van der Waals surface area contributed by atoms with Gasteiger partial charge in [-0.3, -0.25) is 14.4 Å². The minimum absolute atomic E-state index is 0.0300. The van der Waals surface area contributed by atoms with Gasteiger partial charge in [-0.05, 0) is 43.7 Å². The molecule has 1 fully saturated rings. The number of alkyl halides is 2. The molecular formula is C27H33F2N5O3. The van der Waals surface area contributed by atoms with Crippen molar-refractivity contribution in [2.75, 3.05) is 31.6 Å². The van der Waals surface area contributed by atoms with E-state index in [9.17, 15) is 18.7 Å². The van der Waals surface area contributed by atoms with Crippen LogP contribution >= 0.6 is 0 Å². The second-order valence-electron chi connectivity index (χ2n) is 9.89. The van der Waals surface area contributed by atoms with Crippen molar-refractivity contribution in [1.82, 2.24) is 19.7 Å². The van der Waals surface area contributed by atoms with Crippen LogP contribution in [0.4, 0.5) is 14.6 Å². The maximum Gasteiger partial charge on any atom is 0.325 e. The topological polar surface area (TPSA) is 92.5 Å². The second-order valence-corrected chi connectivity index (χ2v) is 9.89. The Labute approximate surface area is 214 Å². The molecule has 10 heteroatoms. The minimum Gasteiger partial charge on any atom is -0.480 e. The van der Waals surface area contributed by atoms with E-state index in [4.69, 9.17) is 9.72 Å². The summed E-state index contributed by atoms with van der Waals surface area (Å²) in [5.41, 5.74) is 2.99. The number of carboxylic acid groups (broad SMARTS) is 1. The first-order chi connectivity index (χ1) is 17.9. The molecular weight excluding hydrogens is 480 g/mol. The van der Waals surface area contributed by atoms with Gasteiger partial charge in [-0.15, -0.1) is 0 Å². The summed E-state index contributed by atoms with van der Waals surface area (Å²) in [6, 6.07) is 8.23. The number of carboxylic acids is 1. The number of pyridine rings is 1. The molecule has 2 aliphatic rings. The van der Waals surface area contributed by atoms with Crippen LogP contribution in [0.15, 0.2) is 30.3 Å². The SMILES string of the molecule is Cn1nc(C(F)F)c2cccc(C(C(=O)O)N3CC(OCCCCCc4ccc5c(n4)NCCC5)C3)c21. The summed E-state index contributed by atoms with van der Waals surface area (Å²) in [5.74, 6) is 0.0205. The van der Waals surface area contributed by atoms with Crippen LogP contribution in [0.25, 0.3) is 10.9 Å². The molecule has 4 heterocycles. The Morgan fingerprint density at radius 2 is 2.05 bits per heavy atom. The third-order valence-corrected chi connectivity index (χ3v) is 7.28. The standard InChI is InChI=1S/C27H33F2N5O3/c1-33-23-20(22(32-33)25(28)29)9-5-10-21(23)24(27(35)36)34-15-19(16-34)37-14-4-2-3-8-18-12-11-17-7-6-13-30-26(17)31-18/h5,9-12,19,24-25H,2-4,6-8,13-16H2,1H3,(H,30,31)(H,35,36). The third-order valence-electron chi connectivity index (χ3n) is 7.28. The summed E-state index contributed by atoms with van der Waals surface area (Å²) in [7, 11) is 1.57. The molecule has 1 atom stereocenters. The normalized spacial score (nSPS) is 17.0. The first-order valence-corrected chi connectivity index (χ1v) is 13.0. The number of ether oxygens (including phenoxy) is 1. The summed E-state index contributed by atoms with van der Waals surface area (Å²) in [6.07, 6.45) is 3.46. The molecule has 0 bridgehead atoms. The van der Waals surface area contributed by atoms with E-state index in [1.165, 1.54) is 10.2 Å². The Hall–Kier alpha value is -3.11. The summed E-state index contributed by atoms with van der Waals surface area (Å²) in [4.78, 5) is 18.7. The van der Waals surface area contributed by atoms with Crippen LogP contribution in [-0.4, -0.2) is 63.1 Å². The molecule has 1 unspecified atom stereocenters. The van der Waals surface area contributed by atoms with Crippen molar-refractivity contribution in [2.45, 2.75) is 57.1 Å². The van der Waals surface area contributed by atoms with Gasteiger partial charge in [0.15, 0.2) is 0 Å². The first kappa shape index (κ1) is 25.5. The van der Waals surface area contributed by atoms with E-state index in [2.05, 4.69) is 22.5 Å². The zero-order chi connectivity index (χ0) is 25.9. The van der Waals surface area contributed by atoms with Crippen molar-refractivity contribution in [3.8, 4) is 0 Å². The molecule has 2 aliphatic heterocycles. The lowest BCUT2D eigenvalue weighted by atomic mass is 9.97. The van der Waals surface area contributed by atoms with E-state index in [1.54, 1.807) is 25.2 Å². The Morgan fingerprint density at radius 1 is 1.22 bits per heavy atom. The predicted molar refractivity (Wildman–Crippen MR) is 136 cm³/mol. The molecule has 0 radical (unpaired) electrons. The fourth-order valence-corrected chi connectivity index (χ4v) is 5.39. The number of rotatable bonds is 11. The van der Waals surface area contributed by atoms with E-state index >= 15 is 0 Å². The number of hydrogen-bond donors (Lipinski definition) is 2. The van der Waals surface area contributed by atoms with Gasteiger partial charge in [-0.2, -0.15) is 5.10 Å². The van der Waals surface area contributed by atoms with Gasteiger partial charge >= 0.3 is 5.97 Å². The van der Waals surface area contributed by atoms with Crippen LogP contribution < -0.4 is 5.32 Å². The average Bonchev–Trinajstić information content (AvgIpc) is 3.21. The number of benzene rings is 1. The molecule has 1 aromatic carbocycles. The molecule has 37 heavy (non-hydrogen) atoms. The molecule has 0 saturated carbocycles. The van der Waals surface area contributed by atoms with Gasteiger partial charge in [0.1, 0.15) is 17.6 Å². The smallest absolute Gasteiger partial charge is 0.325 e. The highest BCUT2D eigenvalue weighted by atomic mass is 19.3. The van der Waals surface area contributed by atoms with Crippen molar-refractivity contribution < 1.29 is 23.4 Å². The number of aliphatic carboxylic acids is 1. The van der Waals surface area contributed by atoms with Crippen LogP contribution in [0, 0.1) is 0 Å². The number of aryl methyl sites for hydroxylation is 3. The summed E-state index contributed by atoms with van der Waals surface area (Å²) in [6.45, 7) is 2.59. The van der Waals surface area contributed by atoms with Gasteiger partial charge in [0, 0.05) is 49.9 Å². The van der Waals surface area contributed by atoms with Gasteiger partial charge in [0.25, 0.3) is 6.43 Å². The largest absolute Gasteiger partial charge is 0.480 e. The third kappa shape index (κ3) is 5.45. The van der Waals surface area contributed by atoms with Crippen LogP contribution in [0.3, 0.4) is 0 Å². The number of likely N-dealkylation sites (tertiary alicyclic amines) is 1. The van der Waals surface area contributed by atoms with Crippen molar-refractivity contribution in [3.05, 3.63) is 52.8 Å². The zero-order valence-corrected chi connectivity index (χ0v) is 21.0. The van der Waals surface area contributed by atoms with Crippen LogP contribution in [0.1, 0.15) is 60.7 Å². The van der Waals surface area contributed by atoms with Gasteiger partial charge in [-0.25, -0.2) is 13.8 Å². The maximum absolute atomic E-state index is 13.4. The first-order valence-electron chi connectivity index (χ1n) is 13.0. The number of unbranched alkanes of at least 4 members (excludes halogenated alkanes) is 2. The highest BCUT2D eigenvalue weighted by molar-refractivity contribution is 5.90. The highest BCUT2D eigenvalue weighted by Gasteiger charge is 2.39. The molecule has 5 rings (SSSR count). The van der Waals surface area contributed by atoms with E-state index < -0.39 is 18.4 Å². The number of para-hydroxylation sites is 1. The molecule has 2 aromatic heterocycles. The van der Waals surface area contributed by atoms with Crippen molar-refractivity contribution in [2.24, 2.45) is 7.05 Å². The fraction of sp³-hybridized carbons (Fsp3) is 0.519. The Morgan fingerprint density at radius 3 is 2.84 bits per heavy atom. The number of anilines is 1. The number of fused-ring (bicyclic) bond motifs is 2. The second kappa shape index (κ2) is 11.1. The molecule has 2 N–H and O–H groups in total. The van der Waals surface area contributed by atoms with Crippen LogP contribution in [0.5, 0.6) is 0 Å². The fourth-order valence-electron chi connectivity index (χ4n) is 5.39. The molecule has 1 saturated heterocycles.